The first-order chi connectivity index (χ1) is 8.43. The Morgan fingerprint density at radius 1 is 1.28 bits per heavy atom. The molecule has 18 heavy (non-hydrogen) atoms. The fraction of sp³-hybridized carbons (Fsp3) is 0.615. The minimum atomic E-state index is -0.0788. The fourth-order valence-electron chi connectivity index (χ4n) is 1.89. The van der Waals surface area contributed by atoms with Gasteiger partial charge in [0.2, 0.25) is 0 Å². The van der Waals surface area contributed by atoms with Crippen molar-refractivity contribution in [1.29, 1.82) is 0 Å². The van der Waals surface area contributed by atoms with Crippen LogP contribution in [0.25, 0.3) is 11.0 Å². The highest BCUT2D eigenvalue weighted by Gasteiger charge is 2.20. The Morgan fingerprint density at radius 3 is 2.61 bits per heavy atom. The summed E-state index contributed by atoms with van der Waals surface area (Å²) in [6, 6.07) is 0. The number of nitrogens with zero attached hydrogens (tertiary/aromatic N) is 4. The van der Waals surface area contributed by atoms with Gasteiger partial charge in [0.15, 0.2) is 5.65 Å². The van der Waals surface area contributed by atoms with Gasteiger partial charge >= 0.3 is 0 Å². The number of aromatic nitrogens is 4. The molecule has 0 unspecified atom stereocenters. The lowest BCUT2D eigenvalue weighted by Crippen LogP contribution is -2.23. The Labute approximate surface area is 108 Å². The lowest BCUT2D eigenvalue weighted by atomic mass is 10.1. The van der Waals surface area contributed by atoms with Crippen molar-refractivity contribution in [3.63, 3.8) is 0 Å². The van der Waals surface area contributed by atoms with Crippen molar-refractivity contribution in [2.45, 2.75) is 46.6 Å². The van der Waals surface area contributed by atoms with Gasteiger partial charge in [0, 0.05) is 6.54 Å². The molecule has 0 aromatic carbocycles. The van der Waals surface area contributed by atoms with Gasteiger partial charge in [0.1, 0.15) is 11.6 Å². The van der Waals surface area contributed by atoms with E-state index in [0.717, 1.165) is 35.6 Å². The van der Waals surface area contributed by atoms with Crippen molar-refractivity contribution in [2.24, 2.45) is 0 Å². The van der Waals surface area contributed by atoms with Gasteiger partial charge in [-0.2, -0.15) is 5.10 Å². The fourth-order valence-corrected chi connectivity index (χ4v) is 1.89. The molecule has 0 aliphatic heterocycles. The first-order valence-electron chi connectivity index (χ1n) is 6.40. The molecule has 2 aromatic heterocycles. The second kappa shape index (κ2) is 4.55. The summed E-state index contributed by atoms with van der Waals surface area (Å²) in [5, 5.41) is 8.78. The number of aryl methyl sites for hydroxylation is 1. The normalized spacial score (nSPS) is 12.1. The molecule has 0 saturated heterocycles. The molecule has 0 saturated carbocycles. The van der Waals surface area contributed by atoms with Crippen molar-refractivity contribution in [3.05, 3.63) is 12.0 Å². The molecule has 0 fully saturated rings. The maximum absolute atomic E-state index is 4.52. The van der Waals surface area contributed by atoms with Crippen LogP contribution >= 0.6 is 0 Å². The van der Waals surface area contributed by atoms with E-state index in [9.17, 15) is 0 Å². The average Bonchev–Trinajstić information content (AvgIpc) is 2.68. The van der Waals surface area contributed by atoms with Crippen LogP contribution in [0.1, 0.15) is 39.9 Å². The predicted octanol–water partition coefficient (Wildman–Crippen LogP) is 2.71. The minimum absolute atomic E-state index is 0.0788. The highest BCUT2D eigenvalue weighted by atomic mass is 15.3. The topological polar surface area (TPSA) is 55.6 Å². The summed E-state index contributed by atoms with van der Waals surface area (Å²) in [5.74, 6) is 1.65. The molecule has 2 aromatic rings. The predicted molar refractivity (Wildman–Crippen MR) is 73.8 cm³/mol. The summed E-state index contributed by atoms with van der Waals surface area (Å²) >= 11 is 0. The van der Waals surface area contributed by atoms with Crippen LogP contribution in [0.2, 0.25) is 0 Å². The van der Waals surface area contributed by atoms with Gasteiger partial charge in [-0.3, -0.25) is 0 Å². The van der Waals surface area contributed by atoms with E-state index in [1.165, 1.54) is 0 Å². The molecule has 2 heterocycles. The van der Waals surface area contributed by atoms with E-state index in [2.05, 4.69) is 48.1 Å². The second-order valence-electron chi connectivity index (χ2n) is 5.51. The molecule has 0 radical (unpaired) electrons. The molecule has 98 valence electrons. The zero-order chi connectivity index (χ0) is 13.3. The largest absolute Gasteiger partial charge is 0.369 e. The first-order valence-corrected chi connectivity index (χ1v) is 6.40. The highest BCUT2D eigenvalue weighted by molar-refractivity contribution is 5.86. The van der Waals surface area contributed by atoms with Crippen LogP contribution in [-0.2, 0) is 5.54 Å². The van der Waals surface area contributed by atoms with E-state index < -0.39 is 0 Å². The van der Waals surface area contributed by atoms with Gasteiger partial charge in [0.05, 0.1) is 17.1 Å². The Bertz CT molecular complexity index is 550. The number of anilines is 1. The van der Waals surface area contributed by atoms with Crippen molar-refractivity contribution in [1.82, 2.24) is 19.7 Å². The van der Waals surface area contributed by atoms with E-state index in [-0.39, 0.29) is 5.54 Å². The minimum Gasteiger partial charge on any atom is -0.369 e. The molecule has 0 amide bonds. The van der Waals surface area contributed by atoms with Crippen molar-refractivity contribution in [3.8, 4) is 0 Å². The summed E-state index contributed by atoms with van der Waals surface area (Å²) in [4.78, 5) is 8.98. The molecular weight excluding hydrogens is 226 g/mol. The second-order valence-corrected chi connectivity index (χ2v) is 5.51. The third-order valence-electron chi connectivity index (χ3n) is 2.72. The van der Waals surface area contributed by atoms with E-state index in [4.69, 9.17) is 0 Å². The number of hydrogen-bond acceptors (Lipinski definition) is 4. The Balaban J connectivity index is 2.58. The summed E-state index contributed by atoms with van der Waals surface area (Å²) in [6.45, 7) is 11.3. The van der Waals surface area contributed by atoms with Crippen LogP contribution in [0.15, 0.2) is 6.20 Å². The first kappa shape index (κ1) is 12.8. The smallest absolute Gasteiger partial charge is 0.164 e. The standard InChI is InChI=1S/C13H21N5/c1-6-7-14-11-10-8-15-18(13(3,4)5)12(10)17-9(2)16-11/h8H,6-7H2,1-5H3,(H,14,16,17). The quantitative estimate of drug-likeness (QED) is 0.906. The molecule has 0 spiro atoms. The molecule has 0 aliphatic rings. The maximum atomic E-state index is 4.52. The molecule has 5 heteroatoms. The Hall–Kier alpha value is -1.65. The summed E-state index contributed by atoms with van der Waals surface area (Å²) in [6.07, 6.45) is 2.91. The van der Waals surface area contributed by atoms with E-state index >= 15 is 0 Å². The van der Waals surface area contributed by atoms with Crippen LogP contribution < -0.4 is 5.32 Å². The molecule has 2 rings (SSSR count). The van der Waals surface area contributed by atoms with Gasteiger partial charge in [-0.25, -0.2) is 14.6 Å². The van der Waals surface area contributed by atoms with Crippen molar-refractivity contribution < 1.29 is 0 Å². The monoisotopic (exact) mass is 247 g/mol. The molecule has 0 atom stereocenters. The number of rotatable bonds is 3. The van der Waals surface area contributed by atoms with E-state index in [0.29, 0.717) is 0 Å². The van der Waals surface area contributed by atoms with Gasteiger partial charge in [-0.15, -0.1) is 0 Å². The van der Waals surface area contributed by atoms with Crippen molar-refractivity contribution in [2.75, 3.05) is 11.9 Å². The summed E-state index contributed by atoms with van der Waals surface area (Å²) in [5.41, 5.74) is 0.818. The molecule has 5 nitrogen and oxygen atoms in total. The zero-order valence-electron chi connectivity index (χ0n) is 11.8. The van der Waals surface area contributed by atoms with Crippen LogP contribution in [-0.4, -0.2) is 26.3 Å². The van der Waals surface area contributed by atoms with Gasteiger partial charge in [-0.1, -0.05) is 6.92 Å². The van der Waals surface area contributed by atoms with Crippen molar-refractivity contribution >= 4 is 16.9 Å². The molecule has 0 bridgehead atoms. The van der Waals surface area contributed by atoms with Crippen LogP contribution in [0, 0.1) is 6.92 Å². The van der Waals surface area contributed by atoms with E-state index in [1.807, 2.05) is 17.8 Å². The maximum Gasteiger partial charge on any atom is 0.164 e. The Morgan fingerprint density at radius 2 is 2.00 bits per heavy atom. The lowest BCUT2D eigenvalue weighted by Gasteiger charge is -2.20. The SMILES string of the molecule is CCCNc1nc(C)nc2c1cnn2C(C)(C)C. The molecule has 0 aliphatic carbocycles. The van der Waals surface area contributed by atoms with Gasteiger partial charge in [-0.05, 0) is 34.1 Å². The molecular formula is C13H21N5. The molecule has 1 N–H and O–H groups in total. The number of nitrogens with one attached hydrogen (secondary N) is 1. The average molecular weight is 247 g/mol. The summed E-state index contributed by atoms with van der Waals surface area (Å²) < 4.78 is 1.95. The van der Waals surface area contributed by atoms with Crippen LogP contribution in [0.3, 0.4) is 0 Å². The number of fused-ring (bicyclic) bond motifs is 1. The van der Waals surface area contributed by atoms with Crippen LogP contribution in [0.4, 0.5) is 5.82 Å². The lowest BCUT2D eigenvalue weighted by molar-refractivity contribution is 0.365. The zero-order valence-corrected chi connectivity index (χ0v) is 11.8. The number of hydrogen-bond donors (Lipinski definition) is 1. The summed E-state index contributed by atoms with van der Waals surface area (Å²) in [7, 11) is 0. The van der Waals surface area contributed by atoms with Gasteiger partial charge < -0.3 is 5.32 Å². The Kier molecular flexibility index (Phi) is 3.24. The van der Waals surface area contributed by atoms with Crippen LogP contribution in [0.5, 0.6) is 0 Å². The third-order valence-corrected chi connectivity index (χ3v) is 2.72. The van der Waals surface area contributed by atoms with E-state index in [1.54, 1.807) is 0 Å². The third kappa shape index (κ3) is 2.30. The highest BCUT2D eigenvalue weighted by Crippen LogP contribution is 2.24. The van der Waals surface area contributed by atoms with Gasteiger partial charge in [0.25, 0.3) is 0 Å².